The maximum Gasteiger partial charge on any atom is 0.456 e. The highest BCUT2D eigenvalue weighted by atomic mass is 19.4. The zero-order valence-corrected chi connectivity index (χ0v) is 9.91. The number of rotatable bonds is 6. The fraction of sp³-hybridized carbons (Fsp3) is 0.600. The maximum absolute atomic E-state index is 12.9. The molecule has 0 saturated carbocycles. The van der Waals surface area contributed by atoms with Gasteiger partial charge < -0.3 is 4.74 Å². The summed E-state index contributed by atoms with van der Waals surface area (Å²) in [5, 5.41) is 0. The van der Waals surface area contributed by atoms with E-state index in [0.29, 0.717) is 0 Å². The maximum atomic E-state index is 12.9. The van der Waals surface area contributed by atoms with E-state index in [1.54, 1.807) is 0 Å². The number of hydrogen-bond acceptors (Lipinski definition) is 1. The second kappa shape index (κ2) is 5.85. The van der Waals surface area contributed by atoms with E-state index in [1.165, 1.54) is 0 Å². The molecule has 0 bridgehead atoms. The van der Waals surface area contributed by atoms with E-state index >= 15 is 0 Å². The van der Waals surface area contributed by atoms with Gasteiger partial charge in [-0.1, -0.05) is 12.2 Å². The van der Waals surface area contributed by atoms with E-state index in [-0.39, 0.29) is 12.2 Å². The minimum Gasteiger partial charge on any atom is -0.353 e. The van der Waals surface area contributed by atoms with Gasteiger partial charge in [0.2, 0.25) is 0 Å². The van der Waals surface area contributed by atoms with Crippen LogP contribution in [-0.4, -0.2) is 36.4 Å². The van der Waals surface area contributed by atoms with Gasteiger partial charge in [0.05, 0.1) is 0 Å². The standard InChI is InChI=1S/C10H8F10O/c1-3-5(7(11,12)9(15,16)17)21-6(4-2)8(13,14)10(18,19)20/h3-6H,1-2H2. The van der Waals surface area contributed by atoms with Crippen molar-refractivity contribution in [1.29, 1.82) is 0 Å². The van der Waals surface area contributed by atoms with Gasteiger partial charge in [0.15, 0.2) is 0 Å². The van der Waals surface area contributed by atoms with Gasteiger partial charge >= 0.3 is 24.2 Å². The first-order valence-electron chi connectivity index (χ1n) is 4.92. The normalized spacial score (nSPS) is 17.2. The Labute approximate surface area is 111 Å². The van der Waals surface area contributed by atoms with Gasteiger partial charge in [-0.2, -0.15) is 43.9 Å². The van der Waals surface area contributed by atoms with Crippen LogP contribution in [0.4, 0.5) is 43.9 Å². The molecule has 2 unspecified atom stereocenters. The lowest BCUT2D eigenvalue weighted by molar-refractivity contribution is -0.343. The van der Waals surface area contributed by atoms with Crippen LogP contribution in [0.15, 0.2) is 25.3 Å². The fourth-order valence-corrected chi connectivity index (χ4v) is 1.06. The molecule has 2 atom stereocenters. The number of alkyl halides is 10. The third kappa shape index (κ3) is 3.89. The zero-order chi connectivity index (χ0) is 17.3. The Morgan fingerprint density at radius 2 is 0.857 bits per heavy atom. The largest absolute Gasteiger partial charge is 0.456 e. The summed E-state index contributed by atoms with van der Waals surface area (Å²) in [6.07, 6.45) is -19.8. The van der Waals surface area contributed by atoms with Crippen molar-refractivity contribution in [2.24, 2.45) is 0 Å². The van der Waals surface area contributed by atoms with Crippen molar-refractivity contribution in [1.82, 2.24) is 0 Å². The molecule has 0 aliphatic rings. The van der Waals surface area contributed by atoms with Crippen molar-refractivity contribution >= 4 is 0 Å². The fourth-order valence-electron chi connectivity index (χ4n) is 1.06. The van der Waals surface area contributed by atoms with E-state index in [0.717, 1.165) is 0 Å². The topological polar surface area (TPSA) is 9.23 Å². The highest BCUT2D eigenvalue weighted by molar-refractivity contribution is 5.02. The van der Waals surface area contributed by atoms with E-state index in [9.17, 15) is 43.9 Å². The zero-order valence-electron chi connectivity index (χ0n) is 9.91. The van der Waals surface area contributed by atoms with Crippen molar-refractivity contribution in [3.8, 4) is 0 Å². The van der Waals surface area contributed by atoms with Gasteiger partial charge in [-0.15, -0.1) is 13.2 Å². The molecule has 0 aromatic rings. The average Bonchev–Trinajstić information content (AvgIpc) is 2.26. The van der Waals surface area contributed by atoms with Crippen LogP contribution < -0.4 is 0 Å². The molecule has 0 fully saturated rings. The molecule has 0 amide bonds. The molecule has 0 aromatic carbocycles. The molecule has 0 aliphatic carbocycles. The van der Waals surface area contributed by atoms with Gasteiger partial charge in [0, 0.05) is 0 Å². The lowest BCUT2D eigenvalue weighted by Gasteiger charge is -2.32. The number of halogens is 10. The molecule has 124 valence electrons. The van der Waals surface area contributed by atoms with Crippen LogP contribution in [0.2, 0.25) is 0 Å². The summed E-state index contributed by atoms with van der Waals surface area (Å²) in [5.41, 5.74) is 0. The van der Waals surface area contributed by atoms with Crippen molar-refractivity contribution in [3.63, 3.8) is 0 Å². The van der Waals surface area contributed by atoms with Crippen LogP contribution in [0.5, 0.6) is 0 Å². The summed E-state index contributed by atoms with van der Waals surface area (Å²) in [4.78, 5) is 0. The van der Waals surface area contributed by atoms with Crippen LogP contribution in [0.3, 0.4) is 0 Å². The lowest BCUT2D eigenvalue weighted by atomic mass is 10.1. The highest BCUT2D eigenvalue weighted by Crippen LogP contribution is 2.44. The number of ether oxygens (including phenoxy) is 1. The second-order valence-electron chi connectivity index (χ2n) is 3.69. The second-order valence-corrected chi connectivity index (χ2v) is 3.69. The minimum atomic E-state index is -6.23. The monoisotopic (exact) mass is 334 g/mol. The first-order chi connectivity index (χ1) is 9.12. The van der Waals surface area contributed by atoms with Gasteiger partial charge in [-0.3, -0.25) is 0 Å². The van der Waals surface area contributed by atoms with Crippen LogP contribution in [0.1, 0.15) is 0 Å². The molecule has 0 heterocycles. The first kappa shape index (κ1) is 19.7. The molecule has 0 radical (unpaired) electrons. The quantitative estimate of drug-likeness (QED) is 0.513. The SMILES string of the molecule is C=CC(OC(C=C)C(F)(F)C(F)(F)F)C(F)(F)C(F)(F)F. The summed E-state index contributed by atoms with van der Waals surface area (Å²) in [5.74, 6) is -11.4. The van der Waals surface area contributed by atoms with E-state index < -0.39 is 36.4 Å². The Balaban J connectivity index is 5.48. The van der Waals surface area contributed by atoms with Crippen molar-refractivity contribution in [2.75, 3.05) is 0 Å². The Bertz CT molecular complexity index is 344. The third-order valence-electron chi connectivity index (χ3n) is 2.19. The van der Waals surface area contributed by atoms with Crippen molar-refractivity contribution in [2.45, 2.75) is 36.4 Å². The van der Waals surface area contributed by atoms with Crippen LogP contribution in [0.25, 0.3) is 0 Å². The molecule has 0 N–H and O–H groups in total. The van der Waals surface area contributed by atoms with Gasteiger partial charge in [0.25, 0.3) is 0 Å². The molecule has 0 rings (SSSR count). The molecule has 0 saturated heterocycles. The summed E-state index contributed by atoms with van der Waals surface area (Å²) < 4.78 is 127. The molecule has 1 nitrogen and oxygen atoms in total. The number of hydrogen-bond donors (Lipinski definition) is 0. The molecule has 0 aromatic heterocycles. The summed E-state index contributed by atoms with van der Waals surface area (Å²) >= 11 is 0. The molecule has 21 heavy (non-hydrogen) atoms. The van der Waals surface area contributed by atoms with Crippen molar-refractivity contribution < 1.29 is 48.6 Å². The summed E-state index contributed by atoms with van der Waals surface area (Å²) in [6.45, 7) is 5.01. The van der Waals surface area contributed by atoms with Gasteiger partial charge in [0.1, 0.15) is 12.2 Å². The average molecular weight is 334 g/mol. The predicted octanol–water partition coefficient (Wildman–Crippen LogP) is 4.51. The lowest BCUT2D eigenvalue weighted by Crippen LogP contribution is -2.53. The molecular formula is C10H8F10O. The van der Waals surface area contributed by atoms with E-state index in [2.05, 4.69) is 17.9 Å². The Morgan fingerprint density at radius 3 is 1.00 bits per heavy atom. The summed E-state index contributed by atoms with van der Waals surface area (Å²) in [6, 6.07) is 0. The summed E-state index contributed by atoms with van der Waals surface area (Å²) in [7, 11) is 0. The van der Waals surface area contributed by atoms with Crippen LogP contribution >= 0.6 is 0 Å². The smallest absolute Gasteiger partial charge is 0.353 e. The van der Waals surface area contributed by atoms with Gasteiger partial charge in [-0.25, -0.2) is 0 Å². The van der Waals surface area contributed by atoms with Crippen molar-refractivity contribution in [3.05, 3.63) is 25.3 Å². The molecule has 11 heteroatoms. The van der Waals surface area contributed by atoms with Crippen LogP contribution in [0, 0.1) is 0 Å². The molecule has 0 aliphatic heterocycles. The molecular weight excluding hydrogens is 326 g/mol. The predicted molar refractivity (Wildman–Crippen MR) is 51.1 cm³/mol. The Hall–Kier alpha value is -1.26. The highest BCUT2D eigenvalue weighted by Gasteiger charge is 2.66. The third-order valence-corrected chi connectivity index (χ3v) is 2.19. The van der Waals surface area contributed by atoms with E-state index in [1.807, 2.05) is 0 Å². The molecule has 0 spiro atoms. The van der Waals surface area contributed by atoms with Gasteiger partial charge in [-0.05, 0) is 0 Å². The Kier molecular flexibility index (Phi) is 5.50. The first-order valence-corrected chi connectivity index (χ1v) is 4.92. The Morgan fingerprint density at radius 1 is 0.619 bits per heavy atom. The minimum absolute atomic E-state index is 0.226. The van der Waals surface area contributed by atoms with E-state index in [4.69, 9.17) is 0 Å². The van der Waals surface area contributed by atoms with Crippen LogP contribution in [-0.2, 0) is 4.74 Å².